The Morgan fingerprint density at radius 1 is 1.25 bits per heavy atom. The molecule has 1 saturated heterocycles. The average Bonchev–Trinajstić information content (AvgIpc) is 3.57. The second-order valence-electron chi connectivity index (χ2n) is 11.6. The Labute approximate surface area is 287 Å². The first-order chi connectivity index (χ1) is 22.7. The number of fused-ring (bicyclic) bond motifs is 1. The zero-order valence-electron chi connectivity index (χ0n) is 27.3. The van der Waals surface area contributed by atoms with E-state index in [1.165, 1.54) is 18.0 Å². The number of nitrogens with two attached hydrogens (primary N) is 1. The summed E-state index contributed by atoms with van der Waals surface area (Å²) in [6.45, 7) is 6.80. The molecule has 0 aliphatic carbocycles. The molecule has 2 aromatic heterocycles. The Kier molecular flexibility index (Phi) is 12.7. The molecule has 5 N–H and O–H groups in total. The topological polar surface area (TPSA) is 211 Å². The van der Waals surface area contributed by atoms with Crippen LogP contribution in [0.15, 0.2) is 36.7 Å². The van der Waals surface area contributed by atoms with Crippen LogP contribution in [0.2, 0.25) is 0 Å². The molecule has 16 nitrogen and oxygen atoms in total. The van der Waals surface area contributed by atoms with E-state index < -0.39 is 42.6 Å². The molecule has 1 amide bonds. The second-order valence-corrected chi connectivity index (χ2v) is 15.3. The van der Waals surface area contributed by atoms with Gasteiger partial charge in [0.2, 0.25) is 11.8 Å². The molecule has 1 aliphatic heterocycles. The molecule has 3 aromatic rings. The highest BCUT2D eigenvalue weighted by Crippen LogP contribution is 2.48. The molecule has 0 radical (unpaired) electrons. The number of imidazole rings is 1. The van der Waals surface area contributed by atoms with Crippen molar-refractivity contribution in [1.82, 2.24) is 29.9 Å². The number of carbonyl (C=O) groups excluding carboxylic acids is 2. The van der Waals surface area contributed by atoms with Gasteiger partial charge in [0.1, 0.15) is 17.1 Å². The summed E-state index contributed by atoms with van der Waals surface area (Å²) in [6.07, 6.45) is -2.53. The summed E-state index contributed by atoms with van der Waals surface area (Å²) in [4.78, 5) is 35.5. The van der Waals surface area contributed by atoms with Crippen LogP contribution in [0.3, 0.4) is 0 Å². The van der Waals surface area contributed by atoms with Crippen molar-refractivity contribution < 1.29 is 42.5 Å². The molecular formula is C29H41ClN7O9PS. The van der Waals surface area contributed by atoms with Crippen LogP contribution < -0.4 is 20.9 Å². The minimum atomic E-state index is -4.03. The molecule has 264 valence electrons. The highest BCUT2D eigenvalue weighted by molar-refractivity contribution is 8.13. The number of rotatable bonds is 16. The number of thioether (sulfide) groups is 1. The number of alkyl halides is 1. The van der Waals surface area contributed by atoms with Crippen LogP contribution in [-0.4, -0.2) is 92.1 Å². The first-order valence-electron chi connectivity index (χ1n) is 15.0. The van der Waals surface area contributed by atoms with Gasteiger partial charge in [0.05, 0.1) is 38.7 Å². The summed E-state index contributed by atoms with van der Waals surface area (Å²) < 4.78 is 43.3. The Hall–Kier alpha value is -3.02. The van der Waals surface area contributed by atoms with Crippen LogP contribution in [0, 0.1) is 5.41 Å². The van der Waals surface area contributed by atoms with Crippen molar-refractivity contribution in [3.8, 4) is 5.88 Å². The Morgan fingerprint density at radius 3 is 2.67 bits per heavy atom. The summed E-state index contributed by atoms with van der Waals surface area (Å²) in [5.41, 5.74) is 6.45. The molecule has 0 unspecified atom stereocenters. The number of halogens is 1. The maximum atomic E-state index is 13.9. The minimum Gasteiger partial charge on any atom is -0.476 e. The number of ether oxygens (including phenoxy) is 3. The van der Waals surface area contributed by atoms with Gasteiger partial charge >= 0.3 is 13.8 Å². The van der Waals surface area contributed by atoms with Crippen LogP contribution in [0.5, 0.6) is 5.88 Å². The zero-order chi connectivity index (χ0) is 35.1. The van der Waals surface area contributed by atoms with Gasteiger partial charge in [-0.3, -0.25) is 18.4 Å². The summed E-state index contributed by atoms with van der Waals surface area (Å²) in [7, 11) is -2.79. The maximum Gasteiger partial charge on any atom is 0.406 e. The first-order valence-corrected chi connectivity index (χ1v) is 17.9. The number of nitrogen functional groups attached to an aromatic ring is 1. The van der Waals surface area contributed by atoms with Crippen molar-refractivity contribution in [3.05, 3.63) is 42.2 Å². The fraction of sp³-hybridized carbons (Fsp3) is 0.552. The lowest BCUT2D eigenvalue weighted by Gasteiger charge is -2.26. The van der Waals surface area contributed by atoms with Crippen LogP contribution >= 0.6 is 31.1 Å². The van der Waals surface area contributed by atoms with Crippen molar-refractivity contribution >= 4 is 59.4 Å². The lowest BCUT2D eigenvalue weighted by atomic mass is 9.96. The van der Waals surface area contributed by atoms with E-state index in [1.54, 1.807) is 27.7 Å². The highest BCUT2D eigenvalue weighted by Gasteiger charge is 2.54. The van der Waals surface area contributed by atoms with E-state index in [9.17, 15) is 19.3 Å². The normalized spacial score (nSPS) is 22.4. The minimum absolute atomic E-state index is 0.0498. The maximum absolute atomic E-state index is 13.9. The number of carbonyl (C=O) groups is 2. The number of benzene rings is 1. The molecule has 1 aromatic carbocycles. The van der Waals surface area contributed by atoms with Gasteiger partial charge < -0.3 is 30.4 Å². The summed E-state index contributed by atoms with van der Waals surface area (Å²) >= 11 is 7.82. The van der Waals surface area contributed by atoms with Crippen molar-refractivity contribution in [1.29, 1.82) is 0 Å². The molecular weight excluding hydrogens is 689 g/mol. The van der Waals surface area contributed by atoms with Crippen molar-refractivity contribution in [2.75, 3.05) is 45.0 Å². The van der Waals surface area contributed by atoms with Gasteiger partial charge in [-0.1, -0.05) is 55.9 Å². The van der Waals surface area contributed by atoms with Crippen LogP contribution in [0.1, 0.15) is 39.5 Å². The summed E-state index contributed by atoms with van der Waals surface area (Å²) in [6, 6.07) is 9.20. The van der Waals surface area contributed by atoms with E-state index >= 15 is 0 Å². The molecule has 0 spiro atoms. The largest absolute Gasteiger partial charge is 0.476 e. The van der Waals surface area contributed by atoms with Gasteiger partial charge in [0, 0.05) is 18.8 Å². The van der Waals surface area contributed by atoms with E-state index in [0.717, 1.165) is 17.3 Å². The summed E-state index contributed by atoms with van der Waals surface area (Å²) in [5.74, 6) is 0.289. The number of hydrogen-bond acceptors (Lipinski definition) is 14. The third kappa shape index (κ3) is 9.15. The zero-order valence-corrected chi connectivity index (χ0v) is 29.7. The standard InChI is InChI=1S/C29H41ClN7O9PS/c1-6-43-23-20-22(35-26(31)36-23)37(17-33-20)24-29(4,30)21(38)19(46-24)15-45-47(41,34-14-18-10-8-7-9-11-18)44-12-13-48-25(39)28(2,3)16-32-27(40)42-5/h7-11,17,19,21,24,38H,6,12-16H2,1-5H3,(H,32,40)(H,34,41)(H2,31,35,36)/t19-,21-,24-,29-,47+/m1/s1. The lowest BCUT2D eigenvalue weighted by Crippen LogP contribution is -2.40. The fourth-order valence-electron chi connectivity index (χ4n) is 4.67. The number of amides is 1. The number of aromatic nitrogens is 4. The molecule has 1 aliphatic rings. The number of nitrogens with one attached hydrogen (secondary N) is 2. The first kappa shape index (κ1) is 37.8. The predicted octanol–water partition coefficient (Wildman–Crippen LogP) is 3.64. The number of nitrogens with zero attached hydrogens (tertiary/aromatic N) is 4. The third-order valence-corrected chi connectivity index (χ3v) is 10.5. The fourth-order valence-corrected chi connectivity index (χ4v) is 7.22. The van der Waals surface area contributed by atoms with Gasteiger partial charge in [-0.25, -0.2) is 19.4 Å². The average molecular weight is 730 g/mol. The van der Waals surface area contributed by atoms with E-state index in [4.69, 9.17) is 35.9 Å². The van der Waals surface area contributed by atoms with E-state index in [1.807, 2.05) is 30.3 Å². The van der Waals surface area contributed by atoms with E-state index in [2.05, 4.69) is 30.1 Å². The van der Waals surface area contributed by atoms with Crippen molar-refractivity contribution in [2.45, 2.75) is 57.5 Å². The SMILES string of the molecule is CCOc1nc(N)nc2c1ncn2[C@@H]1O[C@H](CO[P@](=O)(NCc2ccccc2)OCCSC(=O)C(C)(C)CNC(=O)OC)[C@@H](O)[C@@]1(C)Cl. The molecule has 0 bridgehead atoms. The van der Waals surface area contributed by atoms with E-state index in [0.29, 0.717) is 12.1 Å². The Bertz CT molecular complexity index is 1610. The van der Waals surface area contributed by atoms with Crippen LogP contribution in [0.4, 0.5) is 10.7 Å². The van der Waals surface area contributed by atoms with Crippen LogP contribution in [-0.2, 0) is 34.4 Å². The van der Waals surface area contributed by atoms with Gasteiger partial charge in [0.25, 0.3) is 0 Å². The van der Waals surface area contributed by atoms with Gasteiger partial charge in [0.15, 0.2) is 22.5 Å². The van der Waals surface area contributed by atoms with E-state index in [-0.39, 0.29) is 54.6 Å². The number of hydrogen-bond donors (Lipinski definition) is 4. The highest BCUT2D eigenvalue weighted by atomic mass is 35.5. The van der Waals surface area contributed by atoms with Crippen molar-refractivity contribution in [3.63, 3.8) is 0 Å². The molecule has 0 saturated carbocycles. The number of anilines is 1. The Balaban J connectivity index is 1.44. The number of methoxy groups -OCH3 is 1. The number of aliphatic hydroxyl groups excluding tert-OH is 1. The monoisotopic (exact) mass is 729 g/mol. The Morgan fingerprint density at radius 2 is 1.98 bits per heavy atom. The van der Waals surface area contributed by atoms with Crippen LogP contribution in [0.25, 0.3) is 11.2 Å². The smallest absolute Gasteiger partial charge is 0.406 e. The van der Waals surface area contributed by atoms with Gasteiger partial charge in [-0.05, 0) is 19.4 Å². The lowest BCUT2D eigenvalue weighted by molar-refractivity contribution is -0.117. The predicted molar refractivity (Wildman–Crippen MR) is 180 cm³/mol. The quantitative estimate of drug-likeness (QED) is 0.0942. The molecule has 3 heterocycles. The number of aliphatic hydroxyl groups is 1. The molecule has 4 rings (SSSR count). The molecule has 48 heavy (non-hydrogen) atoms. The van der Waals surface area contributed by atoms with Gasteiger partial charge in [-0.2, -0.15) is 9.97 Å². The second kappa shape index (κ2) is 16.1. The van der Waals surface area contributed by atoms with Gasteiger partial charge in [-0.15, -0.1) is 11.6 Å². The molecule has 1 fully saturated rings. The molecule has 5 atom stereocenters. The molecule has 19 heteroatoms. The van der Waals surface area contributed by atoms with Crippen molar-refractivity contribution in [2.24, 2.45) is 5.41 Å². The third-order valence-electron chi connectivity index (χ3n) is 7.38. The number of alkyl carbamates (subject to hydrolysis) is 1. The summed E-state index contributed by atoms with van der Waals surface area (Å²) in [5, 5.41) is 16.4.